The van der Waals surface area contributed by atoms with Gasteiger partial charge in [-0.1, -0.05) is 36.4 Å². The quantitative estimate of drug-likeness (QED) is 0.493. The molecule has 6 nitrogen and oxygen atoms in total. The number of ether oxygens (including phenoxy) is 1. The number of rotatable bonds is 6. The molecule has 4 rings (SSSR count). The number of carbonyl (C=O) groups is 2. The van der Waals surface area contributed by atoms with E-state index in [4.69, 9.17) is 14.8 Å². The summed E-state index contributed by atoms with van der Waals surface area (Å²) in [6.07, 6.45) is 1.85. The second-order valence-electron chi connectivity index (χ2n) is 7.46. The lowest BCUT2D eigenvalue weighted by Crippen LogP contribution is -2.28. The van der Waals surface area contributed by atoms with E-state index in [2.05, 4.69) is 0 Å². The Kier molecular flexibility index (Phi) is 6.60. The Morgan fingerprint density at radius 1 is 1.09 bits per heavy atom. The van der Waals surface area contributed by atoms with Crippen molar-refractivity contribution in [2.75, 3.05) is 7.11 Å². The summed E-state index contributed by atoms with van der Waals surface area (Å²) in [4.78, 5) is 31.4. The summed E-state index contributed by atoms with van der Waals surface area (Å²) in [5.41, 5.74) is 3.65. The number of carboxylic acid groups (broad SMARTS) is 1. The lowest BCUT2D eigenvalue weighted by molar-refractivity contribution is -0.122. The number of carboxylic acids is 1. The third-order valence-corrected chi connectivity index (χ3v) is 6.13. The molecule has 166 valence electrons. The van der Waals surface area contributed by atoms with Crippen LogP contribution in [0.1, 0.15) is 27.0 Å². The Morgan fingerprint density at radius 2 is 1.82 bits per heavy atom. The minimum absolute atomic E-state index is 0.148. The highest BCUT2D eigenvalue weighted by molar-refractivity contribution is 8.18. The third kappa shape index (κ3) is 5.15. The molecule has 0 spiro atoms. The van der Waals surface area contributed by atoms with E-state index in [0.717, 1.165) is 28.1 Å². The molecule has 1 fully saturated rings. The van der Waals surface area contributed by atoms with E-state index in [1.807, 2.05) is 61.5 Å². The molecule has 0 unspecified atom stereocenters. The van der Waals surface area contributed by atoms with Crippen molar-refractivity contribution in [3.8, 4) is 5.75 Å². The van der Waals surface area contributed by atoms with Crippen LogP contribution in [-0.4, -0.2) is 34.2 Å². The minimum atomic E-state index is -0.985. The van der Waals surface area contributed by atoms with E-state index in [0.29, 0.717) is 10.1 Å². The topological polar surface area (TPSA) is 79.2 Å². The van der Waals surface area contributed by atoms with Crippen molar-refractivity contribution in [1.29, 1.82) is 0 Å². The van der Waals surface area contributed by atoms with Crippen LogP contribution in [0.15, 0.2) is 82.7 Å². The van der Waals surface area contributed by atoms with Gasteiger partial charge in [-0.3, -0.25) is 9.69 Å². The standard InChI is InChI=1S/C26H22N2O4S/c1-17-14-19(10-13-22(17)32-2)15-23-24(29)28(16-18-8-11-20(12-9-18)25(30)31)26(33-23)27-21-6-4-3-5-7-21/h3-15H,16H2,1-2H3,(H,30,31)/b23-15-,27-26?. The molecule has 3 aromatic rings. The average Bonchev–Trinajstić information content (AvgIpc) is 3.09. The number of hydrogen-bond donors (Lipinski definition) is 1. The van der Waals surface area contributed by atoms with Crippen LogP contribution in [0.2, 0.25) is 0 Å². The molecule has 0 radical (unpaired) electrons. The van der Waals surface area contributed by atoms with Crippen molar-refractivity contribution >= 4 is 40.6 Å². The first kappa shape index (κ1) is 22.4. The molecule has 0 aromatic heterocycles. The molecule has 7 heteroatoms. The van der Waals surface area contributed by atoms with Crippen molar-refractivity contribution in [2.24, 2.45) is 4.99 Å². The molecular formula is C26H22N2O4S. The monoisotopic (exact) mass is 458 g/mol. The Bertz CT molecular complexity index is 1250. The van der Waals surface area contributed by atoms with Crippen LogP contribution in [0.4, 0.5) is 5.69 Å². The van der Waals surface area contributed by atoms with Crippen molar-refractivity contribution < 1.29 is 19.4 Å². The number of amidine groups is 1. The van der Waals surface area contributed by atoms with Crippen LogP contribution in [0.5, 0.6) is 5.75 Å². The van der Waals surface area contributed by atoms with Gasteiger partial charge in [-0.05, 0) is 77.9 Å². The highest BCUT2D eigenvalue weighted by Crippen LogP contribution is 2.35. The van der Waals surface area contributed by atoms with Gasteiger partial charge in [-0.2, -0.15) is 0 Å². The fourth-order valence-electron chi connectivity index (χ4n) is 3.42. The molecule has 1 heterocycles. The summed E-state index contributed by atoms with van der Waals surface area (Å²) >= 11 is 1.32. The predicted octanol–water partition coefficient (Wildman–Crippen LogP) is 5.51. The molecular weight excluding hydrogens is 436 g/mol. The SMILES string of the molecule is COc1ccc(/C=C2\SC(=Nc3ccccc3)N(Cc3ccc(C(=O)O)cc3)C2=O)cc1C. The maximum Gasteiger partial charge on any atom is 0.335 e. The molecule has 33 heavy (non-hydrogen) atoms. The summed E-state index contributed by atoms with van der Waals surface area (Å²) in [6, 6.07) is 21.7. The van der Waals surface area contributed by atoms with Crippen LogP contribution in [0.25, 0.3) is 6.08 Å². The second-order valence-corrected chi connectivity index (χ2v) is 8.47. The third-order valence-electron chi connectivity index (χ3n) is 5.13. The zero-order chi connectivity index (χ0) is 23.4. The van der Waals surface area contributed by atoms with E-state index < -0.39 is 5.97 Å². The number of aryl methyl sites for hydroxylation is 1. The molecule has 0 aliphatic carbocycles. The predicted molar refractivity (Wildman–Crippen MR) is 131 cm³/mol. The van der Waals surface area contributed by atoms with Gasteiger partial charge in [0.05, 0.1) is 29.8 Å². The van der Waals surface area contributed by atoms with Crippen molar-refractivity contribution in [1.82, 2.24) is 4.90 Å². The van der Waals surface area contributed by atoms with Gasteiger partial charge >= 0.3 is 5.97 Å². The van der Waals surface area contributed by atoms with E-state index in [9.17, 15) is 9.59 Å². The van der Waals surface area contributed by atoms with E-state index in [-0.39, 0.29) is 18.0 Å². The molecule has 0 bridgehead atoms. The maximum atomic E-state index is 13.3. The van der Waals surface area contributed by atoms with Gasteiger partial charge in [0.25, 0.3) is 5.91 Å². The van der Waals surface area contributed by atoms with E-state index >= 15 is 0 Å². The Balaban J connectivity index is 1.67. The van der Waals surface area contributed by atoms with Gasteiger partial charge in [0.15, 0.2) is 5.17 Å². The van der Waals surface area contributed by atoms with E-state index in [1.54, 1.807) is 24.1 Å². The largest absolute Gasteiger partial charge is 0.496 e. The Morgan fingerprint density at radius 3 is 2.45 bits per heavy atom. The van der Waals surface area contributed by atoms with Gasteiger partial charge in [-0.25, -0.2) is 9.79 Å². The molecule has 3 aromatic carbocycles. The molecule has 0 atom stereocenters. The molecule has 1 N–H and O–H groups in total. The zero-order valence-electron chi connectivity index (χ0n) is 18.2. The number of carbonyl (C=O) groups excluding carboxylic acids is 1. The molecule has 1 amide bonds. The minimum Gasteiger partial charge on any atom is -0.496 e. The zero-order valence-corrected chi connectivity index (χ0v) is 19.0. The van der Waals surface area contributed by atoms with Crippen LogP contribution >= 0.6 is 11.8 Å². The van der Waals surface area contributed by atoms with Crippen molar-refractivity contribution in [3.05, 3.63) is 100.0 Å². The average molecular weight is 459 g/mol. The van der Waals surface area contributed by atoms with Crippen LogP contribution in [0.3, 0.4) is 0 Å². The van der Waals surface area contributed by atoms with Gasteiger partial charge in [0.2, 0.25) is 0 Å². The number of methoxy groups -OCH3 is 1. The molecule has 0 saturated carbocycles. The second kappa shape index (κ2) is 9.75. The number of thioether (sulfide) groups is 1. The first-order valence-corrected chi connectivity index (χ1v) is 11.1. The summed E-state index contributed by atoms with van der Waals surface area (Å²) in [5, 5.41) is 9.71. The fraction of sp³-hybridized carbons (Fsp3) is 0.115. The van der Waals surface area contributed by atoms with Crippen molar-refractivity contribution in [3.63, 3.8) is 0 Å². The lowest BCUT2D eigenvalue weighted by atomic mass is 10.1. The number of amides is 1. The molecule has 1 saturated heterocycles. The number of aliphatic imine (C=N–C) groups is 1. The number of aromatic carboxylic acids is 1. The number of hydrogen-bond acceptors (Lipinski definition) is 5. The number of para-hydroxylation sites is 1. The summed E-state index contributed by atoms with van der Waals surface area (Å²) in [7, 11) is 1.63. The van der Waals surface area contributed by atoms with Gasteiger partial charge in [0, 0.05) is 0 Å². The van der Waals surface area contributed by atoms with Crippen LogP contribution in [0, 0.1) is 6.92 Å². The first-order chi connectivity index (χ1) is 15.9. The number of benzene rings is 3. The maximum absolute atomic E-state index is 13.3. The fourth-order valence-corrected chi connectivity index (χ4v) is 4.42. The van der Waals surface area contributed by atoms with Crippen molar-refractivity contribution in [2.45, 2.75) is 13.5 Å². The summed E-state index contributed by atoms with van der Waals surface area (Å²) in [6.45, 7) is 2.25. The smallest absolute Gasteiger partial charge is 0.335 e. The van der Waals surface area contributed by atoms with Crippen LogP contribution < -0.4 is 4.74 Å². The molecule has 1 aliphatic heterocycles. The molecule has 1 aliphatic rings. The Hall–Kier alpha value is -3.84. The van der Waals surface area contributed by atoms with Crippen LogP contribution in [-0.2, 0) is 11.3 Å². The highest BCUT2D eigenvalue weighted by Gasteiger charge is 2.33. The van der Waals surface area contributed by atoms with E-state index in [1.165, 1.54) is 23.9 Å². The highest BCUT2D eigenvalue weighted by atomic mass is 32.2. The summed E-state index contributed by atoms with van der Waals surface area (Å²) < 4.78 is 5.32. The van der Waals surface area contributed by atoms with Gasteiger partial charge < -0.3 is 9.84 Å². The first-order valence-electron chi connectivity index (χ1n) is 10.3. The number of nitrogens with zero attached hydrogens (tertiary/aromatic N) is 2. The summed E-state index contributed by atoms with van der Waals surface area (Å²) in [5.74, 6) is -0.341. The van der Waals surface area contributed by atoms with Gasteiger partial charge in [-0.15, -0.1) is 0 Å². The Labute approximate surface area is 196 Å². The lowest BCUT2D eigenvalue weighted by Gasteiger charge is -2.16. The normalized spacial score (nSPS) is 15.9. The van der Waals surface area contributed by atoms with Gasteiger partial charge in [0.1, 0.15) is 5.75 Å².